The van der Waals surface area contributed by atoms with Crippen molar-refractivity contribution in [2.24, 2.45) is 5.84 Å². The lowest BCUT2D eigenvalue weighted by Gasteiger charge is -2.03. The lowest BCUT2D eigenvalue weighted by atomic mass is 10.3. The van der Waals surface area contributed by atoms with E-state index in [-0.39, 0.29) is 20.9 Å². The molecule has 70 valence electrons. The molecule has 0 unspecified atom stereocenters. The van der Waals surface area contributed by atoms with Gasteiger partial charge in [0.05, 0.1) is 10.6 Å². The average molecular weight is 240 g/mol. The smallest absolute Gasteiger partial charge is 0.268 e. The molecule has 0 aromatic carbocycles. The summed E-state index contributed by atoms with van der Waals surface area (Å²) in [7, 11) is 0. The summed E-state index contributed by atoms with van der Waals surface area (Å²) in [5.41, 5.74) is 1.99. The van der Waals surface area contributed by atoms with E-state index < -0.39 is 5.91 Å². The molecule has 1 aromatic rings. The highest BCUT2D eigenvalue weighted by atomic mass is 35.5. The van der Waals surface area contributed by atoms with Crippen LogP contribution in [0.2, 0.25) is 15.3 Å². The molecule has 0 radical (unpaired) electrons. The zero-order valence-electron chi connectivity index (χ0n) is 6.14. The molecule has 7 heteroatoms. The summed E-state index contributed by atoms with van der Waals surface area (Å²) in [5.74, 6) is 4.33. The van der Waals surface area contributed by atoms with Crippen molar-refractivity contribution >= 4 is 40.7 Å². The molecule has 0 saturated carbocycles. The lowest BCUT2D eigenvalue weighted by Crippen LogP contribution is -2.30. The molecule has 0 aliphatic heterocycles. The van der Waals surface area contributed by atoms with Crippen molar-refractivity contribution in [3.8, 4) is 0 Å². The van der Waals surface area contributed by atoms with Gasteiger partial charge >= 0.3 is 0 Å². The van der Waals surface area contributed by atoms with Crippen LogP contribution in [0.5, 0.6) is 0 Å². The third kappa shape index (κ3) is 2.22. The molecule has 1 heterocycles. The van der Waals surface area contributed by atoms with Gasteiger partial charge < -0.3 is 0 Å². The fraction of sp³-hybridized carbons (Fsp3) is 0. The Bertz CT molecular complexity index is 355. The number of halogens is 3. The number of pyridine rings is 1. The highest BCUT2D eigenvalue weighted by molar-refractivity contribution is 6.42. The topological polar surface area (TPSA) is 68.0 Å². The minimum atomic E-state index is -0.573. The third-order valence-electron chi connectivity index (χ3n) is 1.26. The van der Waals surface area contributed by atoms with Crippen LogP contribution in [-0.2, 0) is 0 Å². The van der Waals surface area contributed by atoms with Crippen LogP contribution in [0.3, 0.4) is 0 Å². The molecule has 0 saturated heterocycles. The van der Waals surface area contributed by atoms with Gasteiger partial charge in [-0.1, -0.05) is 34.8 Å². The average Bonchev–Trinajstić information content (AvgIpc) is 2.10. The van der Waals surface area contributed by atoms with Crippen molar-refractivity contribution in [1.29, 1.82) is 0 Å². The van der Waals surface area contributed by atoms with E-state index in [0.29, 0.717) is 0 Å². The van der Waals surface area contributed by atoms with E-state index in [1.165, 1.54) is 6.07 Å². The van der Waals surface area contributed by atoms with Crippen LogP contribution in [0, 0.1) is 0 Å². The van der Waals surface area contributed by atoms with E-state index in [2.05, 4.69) is 4.98 Å². The van der Waals surface area contributed by atoms with E-state index in [4.69, 9.17) is 40.6 Å². The summed E-state index contributed by atoms with van der Waals surface area (Å²) < 4.78 is 0. The molecule has 1 rings (SSSR count). The first-order valence-corrected chi connectivity index (χ1v) is 4.22. The number of amides is 1. The van der Waals surface area contributed by atoms with Crippen LogP contribution >= 0.6 is 34.8 Å². The van der Waals surface area contributed by atoms with Crippen molar-refractivity contribution in [2.75, 3.05) is 0 Å². The molecule has 13 heavy (non-hydrogen) atoms. The maximum absolute atomic E-state index is 11.0. The SMILES string of the molecule is NNC(=O)c1cc(Cl)c(Cl)nc1Cl. The van der Waals surface area contributed by atoms with E-state index in [9.17, 15) is 4.79 Å². The van der Waals surface area contributed by atoms with Crippen LogP contribution in [0.25, 0.3) is 0 Å². The van der Waals surface area contributed by atoms with Gasteiger partial charge in [-0.3, -0.25) is 10.2 Å². The second-order valence-electron chi connectivity index (χ2n) is 2.07. The monoisotopic (exact) mass is 239 g/mol. The fourth-order valence-corrected chi connectivity index (χ4v) is 1.24. The number of nitrogen functional groups attached to an aromatic ring is 1. The van der Waals surface area contributed by atoms with Crippen LogP contribution in [0.1, 0.15) is 10.4 Å². The molecule has 0 atom stereocenters. The summed E-state index contributed by atoms with van der Waals surface area (Å²) in [4.78, 5) is 14.7. The Labute approximate surface area is 88.9 Å². The molecular formula is C6H4Cl3N3O. The minimum absolute atomic E-state index is 0.0419. The zero-order chi connectivity index (χ0) is 10.0. The highest BCUT2D eigenvalue weighted by Crippen LogP contribution is 2.24. The standard InChI is InChI=1S/C6H4Cl3N3O/c7-3-1-2(6(13)12-10)4(8)11-5(3)9/h1H,10H2,(H,12,13). The summed E-state index contributed by atoms with van der Waals surface area (Å²) in [5, 5.41) is 0.141. The molecule has 1 amide bonds. The quantitative estimate of drug-likeness (QED) is 0.339. The summed E-state index contributed by atoms with van der Waals surface area (Å²) in [6, 6.07) is 1.29. The van der Waals surface area contributed by atoms with Crippen LogP contribution < -0.4 is 11.3 Å². The maximum atomic E-state index is 11.0. The Balaban J connectivity index is 3.23. The molecule has 1 aromatic heterocycles. The van der Waals surface area contributed by atoms with Crippen molar-refractivity contribution in [3.63, 3.8) is 0 Å². The van der Waals surface area contributed by atoms with Gasteiger partial charge in [0.1, 0.15) is 10.3 Å². The van der Waals surface area contributed by atoms with Crippen LogP contribution in [-0.4, -0.2) is 10.9 Å². The highest BCUT2D eigenvalue weighted by Gasteiger charge is 2.13. The summed E-state index contributed by atoms with van der Waals surface area (Å²) in [6.45, 7) is 0. The first-order valence-electron chi connectivity index (χ1n) is 3.08. The Morgan fingerprint density at radius 2 is 2.00 bits per heavy atom. The molecule has 0 aliphatic carbocycles. The number of rotatable bonds is 1. The Morgan fingerprint density at radius 3 is 2.54 bits per heavy atom. The van der Waals surface area contributed by atoms with Crippen molar-refractivity contribution < 1.29 is 4.79 Å². The third-order valence-corrected chi connectivity index (χ3v) is 2.22. The predicted octanol–water partition coefficient (Wildman–Crippen LogP) is 1.65. The van der Waals surface area contributed by atoms with E-state index in [0.717, 1.165) is 0 Å². The molecule has 0 spiro atoms. The van der Waals surface area contributed by atoms with E-state index >= 15 is 0 Å². The molecular weight excluding hydrogens is 236 g/mol. The van der Waals surface area contributed by atoms with Gasteiger partial charge in [-0.15, -0.1) is 0 Å². The number of hydrazine groups is 1. The Hall–Kier alpha value is -0.550. The van der Waals surface area contributed by atoms with Crippen molar-refractivity contribution in [1.82, 2.24) is 10.4 Å². The largest absolute Gasteiger partial charge is 0.290 e. The maximum Gasteiger partial charge on any atom is 0.268 e. The second-order valence-corrected chi connectivity index (χ2v) is 3.20. The number of hydrogen-bond donors (Lipinski definition) is 2. The van der Waals surface area contributed by atoms with E-state index in [1.807, 2.05) is 5.43 Å². The lowest BCUT2D eigenvalue weighted by molar-refractivity contribution is 0.0953. The summed E-state index contributed by atoms with van der Waals surface area (Å²) >= 11 is 16.8. The molecule has 4 nitrogen and oxygen atoms in total. The van der Waals surface area contributed by atoms with Gasteiger partial charge in [0.15, 0.2) is 0 Å². The second kappa shape index (κ2) is 4.11. The van der Waals surface area contributed by atoms with Gasteiger partial charge in [0, 0.05) is 0 Å². The molecule has 0 bridgehead atoms. The predicted molar refractivity (Wildman–Crippen MR) is 50.9 cm³/mol. The van der Waals surface area contributed by atoms with Crippen molar-refractivity contribution in [2.45, 2.75) is 0 Å². The molecule has 0 aliphatic rings. The van der Waals surface area contributed by atoms with Crippen LogP contribution in [0.15, 0.2) is 6.07 Å². The Morgan fingerprint density at radius 1 is 1.38 bits per heavy atom. The van der Waals surface area contributed by atoms with Gasteiger partial charge in [0.25, 0.3) is 5.91 Å². The molecule has 0 fully saturated rings. The van der Waals surface area contributed by atoms with Gasteiger partial charge in [0.2, 0.25) is 0 Å². The molecule has 3 N–H and O–H groups in total. The number of nitrogens with two attached hydrogens (primary N) is 1. The van der Waals surface area contributed by atoms with Crippen molar-refractivity contribution in [3.05, 3.63) is 27.0 Å². The van der Waals surface area contributed by atoms with E-state index in [1.54, 1.807) is 0 Å². The zero-order valence-corrected chi connectivity index (χ0v) is 8.41. The fourth-order valence-electron chi connectivity index (χ4n) is 0.683. The van der Waals surface area contributed by atoms with Gasteiger partial charge in [-0.2, -0.15) is 0 Å². The van der Waals surface area contributed by atoms with Crippen LogP contribution in [0.4, 0.5) is 0 Å². The normalized spacial score (nSPS) is 9.85. The minimum Gasteiger partial charge on any atom is -0.290 e. The first kappa shape index (κ1) is 10.5. The van der Waals surface area contributed by atoms with Gasteiger partial charge in [-0.25, -0.2) is 10.8 Å². The Kier molecular flexibility index (Phi) is 3.33. The number of hydrogen-bond acceptors (Lipinski definition) is 3. The number of carbonyl (C=O) groups excluding carboxylic acids is 1. The number of nitrogens with zero attached hydrogens (tertiary/aromatic N) is 1. The number of carbonyl (C=O) groups is 1. The summed E-state index contributed by atoms with van der Waals surface area (Å²) in [6.07, 6.45) is 0. The first-order chi connectivity index (χ1) is 6.06. The number of aromatic nitrogens is 1. The van der Waals surface area contributed by atoms with Gasteiger partial charge in [-0.05, 0) is 6.07 Å². The number of nitrogens with one attached hydrogen (secondary N) is 1.